The van der Waals surface area contributed by atoms with Crippen LogP contribution in [0, 0.1) is 0 Å². The molecule has 0 saturated heterocycles. The smallest absolute Gasteiger partial charge is 0.424 e. The summed E-state index contributed by atoms with van der Waals surface area (Å²) in [6.45, 7) is 0.0882. The van der Waals surface area contributed by atoms with Gasteiger partial charge in [0, 0.05) is 5.92 Å². The molecule has 4 aromatic carbocycles. The molecular formula is C37H41N3O6. The van der Waals surface area contributed by atoms with Crippen molar-refractivity contribution in [2.45, 2.75) is 49.5 Å². The summed E-state index contributed by atoms with van der Waals surface area (Å²) in [4.78, 5) is 26.6. The van der Waals surface area contributed by atoms with Gasteiger partial charge in [-0.05, 0) is 66.1 Å². The zero-order valence-electron chi connectivity index (χ0n) is 25.9. The third-order valence-electron chi connectivity index (χ3n) is 8.54. The van der Waals surface area contributed by atoms with Crippen molar-refractivity contribution in [3.63, 3.8) is 0 Å². The van der Waals surface area contributed by atoms with E-state index in [0.29, 0.717) is 17.0 Å². The number of aryl methyl sites for hydroxylation is 1. The summed E-state index contributed by atoms with van der Waals surface area (Å²) >= 11 is 0. The zero-order chi connectivity index (χ0) is 32.5. The number of nitrogens with one attached hydrogen (secondary N) is 1. The minimum absolute atomic E-state index is 0.0121. The van der Waals surface area contributed by atoms with Crippen molar-refractivity contribution < 1.29 is 29.3 Å². The van der Waals surface area contributed by atoms with Crippen LogP contribution in [0.1, 0.15) is 41.0 Å². The van der Waals surface area contributed by atoms with Crippen molar-refractivity contribution in [2.24, 2.45) is 5.84 Å². The molecule has 2 atom stereocenters. The lowest BCUT2D eigenvalue weighted by atomic mass is 9.92. The van der Waals surface area contributed by atoms with Gasteiger partial charge in [-0.15, -0.1) is 0 Å². The van der Waals surface area contributed by atoms with E-state index in [0.717, 1.165) is 35.1 Å². The number of hydrazine groups is 1. The minimum Gasteiger partial charge on any atom is -0.463 e. The van der Waals surface area contributed by atoms with Gasteiger partial charge < -0.3 is 25.0 Å². The van der Waals surface area contributed by atoms with Crippen LogP contribution in [0.3, 0.4) is 0 Å². The van der Waals surface area contributed by atoms with Crippen molar-refractivity contribution in [1.29, 1.82) is 0 Å². The van der Waals surface area contributed by atoms with Crippen molar-refractivity contribution in [1.82, 2.24) is 10.3 Å². The van der Waals surface area contributed by atoms with E-state index in [-0.39, 0.29) is 25.6 Å². The first-order valence-corrected chi connectivity index (χ1v) is 15.6. The molecule has 0 aliphatic heterocycles. The Kier molecular flexibility index (Phi) is 10.8. The molecule has 5 rings (SSSR count). The normalized spacial score (nSPS) is 13.7. The summed E-state index contributed by atoms with van der Waals surface area (Å²) in [5.74, 6) is 2.28. The number of carbonyl (C=O) groups excluding carboxylic acids is 2. The van der Waals surface area contributed by atoms with Gasteiger partial charge in [0.2, 0.25) is 5.79 Å². The Morgan fingerprint density at radius 3 is 1.93 bits per heavy atom. The monoisotopic (exact) mass is 623 g/mol. The molecule has 0 saturated carbocycles. The average Bonchev–Trinajstić information content (AvgIpc) is 3.40. The number of rotatable bonds is 14. The van der Waals surface area contributed by atoms with E-state index in [1.165, 1.54) is 12.6 Å². The highest BCUT2D eigenvalue weighted by Crippen LogP contribution is 2.44. The van der Waals surface area contributed by atoms with Gasteiger partial charge in [0.15, 0.2) is 6.04 Å². The van der Waals surface area contributed by atoms with E-state index < -0.39 is 29.9 Å². The Hall–Kier alpha value is -4.54. The van der Waals surface area contributed by atoms with Gasteiger partial charge >= 0.3 is 12.1 Å². The number of benzene rings is 4. The SMILES string of the molecule is CNC(C(=O)OCC1c2ccccc2-c2ccccc21)C(O)(O)C(Cc1ccccc1)N(N)C(=O)OCCCCc1ccccc1. The maximum atomic E-state index is 13.5. The van der Waals surface area contributed by atoms with Crippen LogP contribution in [0.15, 0.2) is 109 Å². The lowest BCUT2D eigenvalue weighted by molar-refractivity contribution is -0.227. The van der Waals surface area contributed by atoms with E-state index in [9.17, 15) is 19.8 Å². The van der Waals surface area contributed by atoms with Crippen LogP contribution in [0.4, 0.5) is 4.79 Å². The van der Waals surface area contributed by atoms with Gasteiger partial charge in [0.05, 0.1) is 6.61 Å². The fourth-order valence-corrected chi connectivity index (χ4v) is 6.11. The predicted octanol–water partition coefficient (Wildman–Crippen LogP) is 4.56. The number of nitrogens with two attached hydrogens (primary N) is 1. The largest absolute Gasteiger partial charge is 0.463 e. The molecule has 9 heteroatoms. The van der Waals surface area contributed by atoms with Crippen molar-refractivity contribution >= 4 is 12.1 Å². The third-order valence-corrected chi connectivity index (χ3v) is 8.54. The fourth-order valence-electron chi connectivity index (χ4n) is 6.11. The van der Waals surface area contributed by atoms with Crippen molar-refractivity contribution in [3.05, 3.63) is 131 Å². The first kappa shape index (κ1) is 32.8. The Balaban J connectivity index is 1.27. The highest BCUT2D eigenvalue weighted by molar-refractivity contribution is 5.80. The van der Waals surface area contributed by atoms with Crippen LogP contribution >= 0.6 is 0 Å². The molecule has 9 nitrogen and oxygen atoms in total. The maximum absolute atomic E-state index is 13.5. The molecule has 5 N–H and O–H groups in total. The second kappa shape index (κ2) is 15.2. The van der Waals surface area contributed by atoms with Crippen molar-refractivity contribution in [2.75, 3.05) is 20.3 Å². The van der Waals surface area contributed by atoms with E-state index in [1.807, 2.05) is 84.9 Å². The molecule has 1 aliphatic rings. The van der Waals surface area contributed by atoms with Gasteiger partial charge in [-0.3, -0.25) is 4.79 Å². The number of hydrogen-bond acceptors (Lipinski definition) is 8. The number of amides is 1. The molecule has 1 amide bonds. The number of nitrogens with zero attached hydrogens (tertiary/aromatic N) is 1. The van der Waals surface area contributed by atoms with Crippen LogP contribution < -0.4 is 11.2 Å². The molecule has 0 heterocycles. The second-order valence-corrected chi connectivity index (χ2v) is 11.5. The molecule has 0 aromatic heterocycles. The first-order chi connectivity index (χ1) is 22.3. The molecule has 0 fully saturated rings. The molecule has 2 unspecified atom stereocenters. The first-order valence-electron chi connectivity index (χ1n) is 15.6. The zero-order valence-corrected chi connectivity index (χ0v) is 25.9. The molecule has 1 aliphatic carbocycles. The van der Waals surface area contributed by atoms with Gasteiger partial charge in [-0.2, -0.15) is 0 Å². The quantitative estimate of drug-likeness (QED) is 0.0401. The molecule has 46 heavy (non-hydrogen) atoms. The molecule has 4 aromatic rings. The van der Waals surface area contributed by atoms with Crippen LogP contribution in [0.5, 0.6) is 0 Å². The average molecular weight is 624 g/mol. The molecular weight excluding hydrogens is 582 g/mol. The summed E-state index contributed by atoms with van der Waals surface area (Å²) in [5.41, 5.74) is 6.06. The number of esters is 1. The number of fused-ring (bicyclic) bond motifs is 3. The Bertz CT molecular complexity index is 1550. The van der Waals surface area contributed by atoms with Crippen LogP contribution in [-0.4, -0.2) is 65.4 Å². The summed E-state index contributed by atoms with van der Waals surface area (Å²) < 4.78 is 11.2. The lowest BCUT2D eigenvalue weighted by Crippen LogP contribution is -2.68. The third kappa shape index (κ3) is 7.46. The second-order valence-electron chi connectivity index (χ2n) is 11.5. The number of unbranched alkanes of at least 4 members (excludes halogenated alkanes) is 1. The summed E-state index contributed by atoms with van der Waals surface area (Å²) in [6.07, 6.45) is 1.22. The van der Waals surface area contributed by atoms with Gasteiger partial charge in [0.1, 0.15) is 12.6 Å². The Morgan fingerprint density at radius 2 is 1.35 bits per heavy atom. The summed E-state index contributed by atoms with van der Waals surface area (Å²) in [7, 11) is 1.42. The molecule has 240 valence electrons. The number of ether oxygens (including phenoxy) is 2. The summed E-state index contributed by atoms with van der Waals surface area (Å²) in [6, 6.07) is 31.7. The fraction of sp³-hybridized carbons (Fsp3) is 0.297. The highest BCUT2D eigenvalue weighted by Gasteiger charge is 2.50. The van der Waals surface area contributed by atoms with Gasteiger partial charge in [-0.25, -0.2) is 15.6 Å². The van der Waals surface area contributed by atoms with E-state index in [1.54, 1.807) is 24.3 Å². The molecule has 0 radical (unpaired) electrons. The predicted molar refractivity (Wildman–Crippen MR) is 175 cm³/mol. The standard InChI is InChI=1S/C37H41N3O6/c1-39-34(35(41)46-25-32-30-21-10-8-19-28(30)29-20-9-11-22-31(29)32)37(43,44)33(24-27-17-6-3-7-18-27)40(38)36(42)45-23-13-12-16-26-14-4-2-5-15-26/h2-11,14-15,17-22,32-34,39,43-44H,12-13,16,23-25,38H2,1H3. The number of carbonyl (C=O) groups is 2. The minimum atomic E-state index is -2.84. The topological polar surface area (TPSA) is 134 Å². The lowest BCUT2D eigenvalue weighted by Gasteiger charge is -2.40. The summed E-state index contributed by atoms with van der Waals surface area (Å²) in [5, 5.41) is 26.5. The maximum Gasteiger partial charge on any atom is 0.424 e. The molecule has 0 spiro atoms. The number of aliphatic hydroxyl groups is 2. The number of hydrogen-bond donors (Lipinski definition) is 4. The van der Waals surface area contributed by atoms with E-state index in [4.69, 9.17) is 15.3 Å². The Morgan fingerprint density at radius 1 is 0.804 bits per heavy atom. The highest BCUT2D eigenvalue weighted by atomic mass is 16.6. The molecule has 0 bridgehead atoms. The van der Waals surface area contributed by atoms with Gasteiger partial charge in [0.25, 0.3) is 0 Å². The Labute approximate surface area is 269 Å². The number of likely N-dealkylation sites (N-methyl/N-ethyl adjacent to an activating group) is 1. The van der Waals surface area contributed by atoms with Crippen LogP contribution in [0.25, 0.3) is 11.1 Å². The van der Waals surface area contributed by atoms with E-state index in [2.05, 4.69) is 5.32 Å². The van der Waals surface area contributed by atoms with Gasteiger partial charge in [-0.1, -0.05) is 109 Å². The van der Waals surface area contributed by atoms with Crippen molar-refractivity contribution in [3.8, 4) is 11.1 Å². The van der Waals surface area contributed by atoms with E-state index >= 15 is 0 Å². The van der Waals surface area contributed by atoms with Crippen LogP contribution in [-0.2, 0) is 27.1 Å². The van der Waals surface area contributed by atoms with Crippen LogP contribution in [0.2, 0.25) is 0 Å².